The van der Waals surface area contributed by atoms with Crippen LogP contribution in [0.4, 0.5) is 0 Å². The first-order valence-electron chi connectivity index (χ1n) is 7.14. The van der Waals surface area contributed by atoms with Crippen LogP contribution in [-0.2, 0) is 17.8 Å². The van der Waals surface area contributed by atoms with Crippen molar-refractivity contribution in [3.8, 4) is 0 Å². The maximum atomic E-state index is 11.4. The van der Waals surface area contributed by atoms with Crippen molar-refractivity contribution >= 4 is 5.97 Å². The number of aryl methyl sites for hydroxylation is 1. The van der Waals surface area contributed by atoms with Crippen molar-refractivity contribution in [2.45, 2.75) is 39.7 Å². The van der Waals surface area contributed by atoms with Gasteiger partial charge < -0.3 is 5.11 Å². The molecule has 104 valence electrons. The van der Waals surface area contributed by atoms with E-state index < -0.39 is 11.4 Å². The number of carboxylic acid groups (broad SMARTS) is 1. The number of aliphatic carboxylic acids is 1. The minimum absolute atomic E-state index is 0.527. The SMILES string of the molecule is CCc1ccccc1CN1CCC(CC)(C(=O)O)C1. The number of carbonyl (C=O) groups is 1. The Morgan fingerprint density at radius 3 is 2.53 bits per heavy atom. The lowest BCUT2D eigenvalue weighted by Gasteiger charge is -2.23. The van der Waals surface area contributed by atoms with E-state index in [0.29, 0.717) is 13.0 Å². The lowest BCUT2D eigenvalue weighted by molar-refractivity contribution is -0.148. The number of benzene rings is 1. The summed E-state index contributed by atoms with van der Waals surface area (Å²) in [5, 5.41) is 9.42. The highest BCUT2D eigenvalue weighted by Crippen LogP contribution is 2.35. The molecule has 1 N–H and O–H groups in total. The average Bonchev–Trinajstić information content (AvgIpc) is 2.84. The second-order valence-corrected chi connectivity index (χ2v) is 5.52. The molecule has 1 aliphatic heterocycles. The van der Waals surface area contributed by atoms with Crippen LogP contribution >= 0.6 is 0 Å². The van der Waals surface area contributed by atoms with E-state index in [-0.39, 0.29) is 0 Å². The van der Waals surface area contributed by atoms with Gasteiger partial charge in [0.2, 0.25) is 0 Å². The number of nitrogens with zero attached hydrogens (tertiary/aromatic N) is 1. The Hall–Kier alpha value is -1.35. The summed E-state index contributed by atoms with van der Waals surface area (Å²) in [6.07, 6.45) is 2.52. The van der Waals surface area contributed by atoms with Crippen molar-refractivity contribution in [3.63, 3.8) is 0 Å². The zero-order valence-corrected chi connectivity index (χ0v) is 11.9. The number of hydrogen-bond acceptors (Lipinski definition) is 2. The van der Waals surface area contributed by atoms with Crippen LogP contribution in [-0.4, -0.2) is 29.1 Å². The molecule has 1 heterocycles. The van der Waals surface area contributed by atoms with Crippen LogP contribution in [0.1, 0.15) is 37.8 Å². The summed E-state index contributed by atoms with van der Waals surface area (Å²) < 4.78 is 0. The highest BCUT2D eigenvalue weighted by molar-refractivity contribution is 5.75. The van der Waals surface area contributed by atoms with Gasteiger partial charge in [0, 0.05) is 13.1 Å². The van der Waals surface area contributed by atoms with Crippen LogP contribution in [0.5, 0.6) is 0 Å². The van der Waals surface area contributed by atoms with E-state index in [1.165, 1.54) is 11.1 Å². The van der Waals surface area contributed by atoms with Gasteiger partial charge in [-0.25, -0.2) is 0 Å². The molecule has 3 heteroatoms. The number of rotatable bonds is 5. The number of carboxylic acids is 1. The van der Waals surface area contributed by atoms with Crippen LogP contribution in [0.15, 0.2) is 24.3 Å². The van der Waals surface area contributed by atoms with Crippen molar-refractivity contribution in [1.82, 2.24) is 4.90 Å². The zero-order valence-electron chi connectivity index (χ0n) is 11.9. The Morgan fingerprint density at radius 2 is 2.00 bits per heavy atom. The van der Waals surface area contributed by atoms with Crippen LogP contribution in [0.3, 0.4) is 0 Å². The van der Waals surface area contributed by atoms with Gasteiger partial charge in [0.15, 0.2) is 0 Å². The smallest absolute Gasteiger partial charge is 0.310 e. The first-order valence-corrected chi connectivity index (χ1v) is 7.14. The standard InChI is InChI=1S/C16H23NO2/c1-3-13-7-5-6-8-14(13)11-17-10-9-16(4-2,12-17)15(18)19/h5-8H,3-4,9-12H2,1-2H3,(H,18,19). The second kappa shape index (κ2) is 5.74. The van der Waals surface area contributed by atoms with E-state index in [1.807, 2.05) is 6.92 Å². The van der Waals surface area contributed by atoms with E-state index in [4.69, 9.17) is 0 Å². The molecule has 19 heavy (non-hydrogen) atoms. The average molecular weight is 261 g/mol. The van der Waals surface area contributed by atoms with Crippen LogP contribution in [0.2, 0.25) is 0 Å². The third-order valence-corrected chi connectivity index (χ3v) is 4.46. The molecule has 0 spiro atoms. The minimum atomic E-state index is -0.638. The van der Waals surface area contributed by atoms with Crippen LogP contribution in [0.25, 0.3) is 0 Å². The Kier molecular flexibility index (Phi) is 4.25. The molecular weight excluding hydrogens is 238 g/mol. The third-order valence-electron chi connectivity index (χ3n) is 4.46. The summed E-state index contributed by atoms with van der Waals surface area (Å²) in [6, 6.07) is 8.45. The second-order valence-electron chi connectivity index (χ2n) is 5.52. The van der Waals surface area contributed by atoms with Crippen molar-refractivity contribution in [2.75, 3.05) is 13.1 Å². The molecule has 3 nitrogen and oxygen atoms in total. The van der Waals surface area contributed by atoms with Gasteiger partial charge in [-0.2, -0.15) is 0 Å². The number of hydrogen-bond donors (Lipinski definition) is 1. The summed E-state index contributed by atoms with van der Waals surface area (Å²) in [5.41, 5.74) is 2.18. The van der Waals surface area contributed by atoms with E-state index in [2.05, 4.69) is 36.1 Å². The molecule has 1 aromatic rings. The van der Waals surface area contributed by atoms with Crippen molar-refractivity contribution in [1.29, 1.82) is 0 Å². The molecule has 1 atom stereocenters. The normalized spacial score (nSPS) is 23.7. The third kappa shape index (κ3) is 2.81. The van der Waals surface area contributed by atoms with E-state index in [9.17, 15) is 9.90 Å². The molecule has 0 aromatic heterocycles. The van der Waals surface area contributed by atoms with Gasteiger partial charge in [-0.05, 0) is 36.9 Å². The first-order chi connectivity index (χ1) is 9.11. The molecule has 0 aliphatic carbocycles. The van der Waals surface area contributed by atoms with E-state index in [0.717, 1.165) is 25.9 Å². The first kappa shape index (κ1) is 14.1. The predicted molar refractivity (Wildman–Crippen MR) is 76.1 cm³/mol. The van der Waals surface area contributed by atoms with Crippen LogP contribution in [0, 0.1) is 5.41 Å². The molecule has 1 unspecified atom stereocenters. The largest absolute Gasteiger partial charge is 0.481 e. The Balaban J connectivity index is 2.08. The monoisotopic (exact) mass is 261 g/mol. The highest BCUT2D eigenvalue weighted by Gasteiger charge is 2.43. The van der Waals surface area contributed by atoms with Gasteiger partial charge in [0.1, 0.15) is 0 Å². The minimum Gasteiger partial charge on any atom is -0.481 e. The van der Waals surface area contributed by atoms with Crippen molar-refractivity contribution in [3.05, 3.63) is 35.4 Å². The summed E-state index contributed by atoms with van der Waals surface area (Å²) in [6.45, 7) is 6.59. The lowest BCUT2D eigenvalue weighted by Crippen LogP contribution is -2.34. The van der Waals surface area contributed by atoms with E-state index in [1.54, 1.807) is 0 Å². The molecular formula is C16H23NO2. The molecule has 0 bridgehead atoms. The van der Waals surface area contributed by atoms with Gasteiger partial charge in [0.25, 0.3) is 0 Å². The van der Waals surface area contributed by atoms with E-state index >= 15 is 0 Å². The molecule has 2 rings (SSSR count). The van der Waals surface area contributed by atoms with Gasteiger partial charge >= 0.3 is 5.97 Å². The molecule has 0 saturated carbocycles. The molecule has 0 radical (unpaired) electrons. The molecule has 1 saturated heterocycles. The number of likely N-dealkylation sites (tertiary alicyclic amines) is 1. The Morgan fingerprint density at radius 1 is 1.32 bits per heavy atom. The van der Waals surface area contributed by atoms with Gasteiger partial charge in [0.05, 0.1) is 5.41 Å². The molecule has 0 amide bonds. The summed E-state index contributed by atoms with van der Waals surface area (Å²) in [5.74, 6) is -0.638. The summed E-state index contributed by atoms with van der Waals surface area (Å²) in [7, 11) is 0. The molecule has 1 aliphatic rings. The summed E-state index contributed by atoms with van der Waals surface area (Å²) in [4.78, 5) is 13.7. The lowest BCUT2D eigenvalue weighted by atomic mass is 9.84. The van der Waals surface area contributed by atoms with Gasteiger partial charge in [-0.1, -0.05) is 38.1 Å². The highest BCUT2D eigenvalue weighted by atomic mass is 16.4. The van der Waals surface area contributed by atoms with Crippen molar-refractivity contribution < 1.29 is 9.90 Å². The van der Waals surface area contributed by atoms with Crippen LogP contribution < -0.4 is 0 Å². The van der Waals surface area contributed by atoms with Gasteiger partial charge in [-0.15, -0.1) is 0 Å². The molecule has 1 fully saturated rings. The Labute approximate surface area is 115 Å². The van der Waals surface area contributed by atoms with Gasteiger partial charge in [-0.3, -0.25) is 9.69 Å². The Bertz CT molecular complexity index is 458. The maximum absolute atomic E-state index is 11.4. The zero-order chi connectivity index (χ0) is 13.9. The quantitative estimate of drug-likeness (QED) is 0.886. The topological polar surface area (TPSA) is 40.5 Å². The fourth-order valence-electron chi connectivity index (χ4n) is 3.01. The van der Waals surface area contributed by atoms with Crippen molar-refractivity contribution in [2.24, 2.45) is 5.41 Å². The maximum Gasteiger partial charge on any atom is 0.310 e. The predicted octanol–water partition coefficient (Wildman–Crippen LogP) is 2.94. The fourth-order valence-corrected chi connectivity index (χ4v) is 3.01. The summed E-state index contributed by atoms with van der Waals surface area (Å²) >= 11 is 0. The molecule has 1 aromatic carbocycles. The fraction of sp³-hybridized carbons (Fsp3) is 0.562.